The number of hydrogen-bond acceptors (Lipinski definition) is 4. The van der Waals surface area contributed by atoms with Crippen molar-refractivity contribution in [1.82, 2.24) is 19.5 Å². The first kappa shape index (κ1) is 12.1. The van der Waals surface area contributed by atoms with Gasteiger partial charge in [0.1, 0.15) is 0 Å². The highest BCUT2D eigenvalue weighted by Gasteiger charge is 2.22. The molecule has 0 radical (unpaired) electrons. The van der Waals surface area contributed by atoms with E-state index in [0.29, 0.717) is 23.8 Å². The highest BCUT2D eigenvalue weighted by atomic mass is 16.5. The van der Waals surface area contributed by atoms with Gasteiger partial charge < -0.3 is 9.64 Å². The lowest BCUT2D eigenvalue weighted by Crippen LogP contribution is -2.33. The zero-order valence-electron chi connectivity index (χ0n) is 10.8. The fraction of sp³-hybridized carbons (Fsp3) is 0.462. The van der Waals surface area contributed by atoms with E-state index in [2.05, 4.69) is 10.1 Å². The van der Waals surface area contributed by atoms with E-state index in [-0.39, 0.29) is 5.91 Å². The van der Waals surface area contributed by atoms with Crippen LogP contribution in [-0.4, -0.2) is 52.2 Å². The van der Waals surface area contributed by atoms with Crippen LogP contribution in [0.15, 0.2) is 24.5 Å². The van der Waals surface area contributed by atoms with Crippen molar-refractivity contribution in [1.29, 1.82) is 0 Å². The maximum atomic E-state index is 12.4. The molecule has 1 saturated heterocycles. The smallest absolute Gasteiger partial charge is 0.273 e. The normalized spacial score (nSPS) is 18.9. The van der Waals surface area contributed by atoms with Gasteiger partial charge in [-0.1, -0.05) is 0 Å². The molecule has 0 aromatic carbocycles. The van der Waals surface area contributed by atoms with Crippen LogP contribution >= 0.6 is 0 Å². The van der Waals surface area contributed by atoms with Crippen molar-refractivity contribution in [3.8, 4) is 0 Å². The van der Waals surface area contributed by atoms with Crippen molar-refractivity contribution < 1.29 is 9.53 Å². The van der Waals surface area contributed by atoms with Gasteiger partial charge in [-0.2, -0.15) is 5.10 Å². The van der Waals surface area contributed by atoms with Crippen LogP contribution in [0.1, 0.15) is 16.9 Å². The average Bonchev–Trinajstić information content (AvgIpc) is 3.06. The number of carbonyl (C=O) groups excluding carboxylic acids is 1. The van der Waals surface area contributed by atoms with E-state index in [0.717, 1.165) is 19.6 Å². The molecule has 100 valence electrons. The monoisotopic (exact) mass is 260 g/mol. The van der Waals surface area contributed by atoms with Crippen molar-refractivity contribution in [3.05, 3.63) is 30.2 Å². The minimum atomic E-state index is -0.0573. The molecule has 3 rings (SSSR count). The summed E-state index contributed by atoms with van der Waals surface area (Å²) in [5, 5.41) is 4.16. The van der Waals surface area contributed by atoms with Crippen LogP contribution in [0.3, 0.4) is 0 Å². The molecule has 0 N–H and O–H groups in total. The van der Waals surface area contributed by atoms with Crippen LogP contribution < -0.4 is 0 Å². The van der Waals surface area contributed by atoms with Gasteiger partial charge in [0.25, 0.3) is 5.91 Å². The standard InChI is InChI=1S/C13H16N4O2/c1-16(8-10-4-6-19-9-10)13(18)11-7-14-12-3-2-5-15-17(11)12/h2-3,5,7,10H,4,6,8-9H2,1H3. The third-order valence-corrected chi connectivity index (χ3v) is 3.40. The first-order valence-electron chi connectivity index (χ1n) is 6.37. The zero-order valence-corrected chi connectivity index (χ0v) is 10.8. The van der Waals surface area contributed by atoms with Crippen molar-refractivity contribution >= 4 is 11.6 Å². The predicted octanol–water partition coefficient (Wildman–Crippen LogP) is 0.838. The van der Waals surface area contributed by atoms with Crippen LogP contribution in [0.4, 0.5) is 0 Å². The van der Waals surface area contributed by atoms with Gasteiger partial charge in [-0.15, -0.1) is 0 Å². The van der Waals surface area contributed by atoms with Crippen LogP contribution in [0.25, 0.3) is 5.65 Å². The van der Waals surface area contributed by atoms with Crippen molar-refractivity contribution in [2.45, 2.75) is 6.42 Å². The Hall–Kier alpha value is -1.95. The van der Waals surface area contributed by atoms with Crippen LogP contribution in [0.5, 0.6) is 0 Å². The number of hydrogen-bond donors (Lipinski definition) is 0. The average molecular weight is 260 g/mol. The van der Waals surface area contributed by atoms with Gasteiger partial charge in [0.2, 0.25) is 0 Å². The highest BCUT2D eigenvalue weighted by molar-refractivity contribution is 5.92. The SMILES string of the molecule is CN(CC1CCOC1)C(=O)c1cnc2cccnn12. The van der Waals surface area contributed by atoms with Crippen molar-refractivity contribution in [2.24, 2.45) is 5.92 Å². The fourth-order valence-corrected chi connectivity index (χ4v) is 2.37. The zero-order chi connectivity index (χ0) is 13.2. The molecule has 6 nitrogen and oxygen atoms in total. The number of aromatic nitrogens is 3. The van der Waals surface area contributed by atoms with Crippen molar-refractivity contribution in [2.75, 3.05) is 26.8 Å². The Morgan fingerprint density at radius 1 is 1.63 bits per heavy atom. The summed E-state index contributed by atoms with van der Waals surface area (Å²) < 4.78 is 6.90. The molecule has 0 aliphatic carbocycles. The third-order valence-electron chi connectivity index (χ3n) is 3.40. The Kier molecular flexibility index (Phi) is 3.16. The number of imidazole rings is 1. The second-order valence-electron chi connectivity index (χ2n) is 4.85. The number of amides is 1. The van der Waals surface area contributed by atoms with E-state index in [1.165, 1.54) is 0 Å². The fourth-order valence-electron chi connectivity index (χ4n) is 2.37. The molecule has 19 heavy (non-hydrogen) atoms. The number of rotatable bonds is 3. The molecule has 6 heteroatoms. The van der Waals surface area contributed by atoms with Gasteiger partial charge in [-0.3, -0.25) is 4.79 Å². The van der Waals surface area contributed by atoms with E-state index in [1.54, 1.807) is 27.9 Å². The quantitative estimate of drug-likeness (QED) is 0.820. The maximum Gasteiger partial charge on any atom is 0.273 e. The van der Waals surface area contributed by atoms with Crippen LogP contribution in [0, 0.1) is 5.92 Å². The largest absolute Gasteiger partial charge is 0.381 e. The molecule has 1 amide bonds. The minimum Gasteiger partial charge on any atom is -0.381 e. The molecule has 1 aliphatic rings. The highest BCUT2D eigenvalue weighted by Crippen LogP contribution is 2.15. The lowest BCUT2D eigenvalue weighted by atomic mass is 10.1. The van der Waals surface area contributed by atoms with Gasteiger partial charge in [-0.05, 0) is 18.6 Å². The first-order valence-corrected chi connectivity index (χ1v) is 6.37. The summed E-state index contributed by atoms with van der Waals surface area (Å²) in [4.78, 5) is 18.3. The third kappa shape index (κ3) is 2.31. The number of fused-ring (bicyclic) bond motifs is 1. The number of carbonyl (C=O) groups is 1. The van der Waals surface area contributed by atoms with E-state index < -0.39 is 0 Å². The Morgan fingerprint density at radius 3 is 3.32 bits per heavy atom. The molecule has 2 aromatic heterocycles. The van der Waals surface area contributed by atoms with Gasteiger partial charge in [0.15, 0.2) is 11.3 Å². The summed E-state index contributed by atoms with van der Waals surface area (Å²) in [5.41, 5.74) is 1.18. The van der Waals surface area contributed by atoms with Gasteiger partial charge >= 0.3 is 0 Å². The minimum absolute atomic E-state index is 0.0573. The summed E-state index contributed by atoms with van der Waals surface area (Å²) in [7, 11) is 1.81. The van der Waals surface area contributed by atoms with Gasteiger partial charge in [0.05, 0.1) is 12.8 Å². The molecule has 0 spiro atoms. The molecule has 1 unspecified atom stereocenters. The molecule has 2 aromatic rings. The van der Waals surface area contributed by atoms with Crippen LogP contribution in [0.2, 0.25) is 0 Å². The lowest BCUT2D eigenvalue weighted by Gasteiger charge is -2.19. The molecule has 3 heterocycles. The predicted molar refractivity (Wildman–Crippen MR) is 68.9 cm³/mol. The van der Waals surface area contributed by atoms with E-state index in [9.17, 15) is 4.79 Å². The van der Waals surface area contributed by atoms with Crippen LogP contribution in [-0.2, 0) is 4.74 Å². The van der Waals surface area contributed by atoms with E-state index in [1.807, 2.05) is 13.1 Å². The number of ether oxygens (including phenoxy) is 1. The summed E-state index contributed by atoms with van der Waals surface area (Å²) in [6.07, 6.45) is 4.24. The van der Waals surface area contributed by atoms with Gasteiger partial charge in [0, 0.05) is 32.3 Å². The lowest BCUT2D eigenvalue weighted by molar-refractivity contribution is 0.0758. The maximum absolute atomic E-state index is 12.4. The first-order chi connectivity index (χ1) is 9.25. The summed E-state index contributed by atoms with van der Waals surface area (Å²) in [6, 6.07) is 3.63. The summed E-state index contributed by atoms with van der Waals surface area (Å²) in [5.74, 6) is 0.374. The number of nitrogens with zero attached hydrogens (tertiary/aromatic N) is 4. The Labute approximate surface area is 111 Å². The second-order valence-corrected chi connectivity index (χ2v) is 4.85. The van der Waals surface area contributed by atoms with E-state index in [4.69, 9.17) is 4.74 Å². The molecular formula is C13H16N4O2. The summed E-state index contributed by atoms with van der Waals surface area (Å²) in [6.45, 7) is 2.24. The van der Waals surface area contributed by atoms with E-state index >= 15 is 0 Å². The topological polar surface area (TPSA) is 59.7 Å². The molecule has 0 saturated carbocycles. The molecular weight excluding hydrogens is 244 g/mol. The Morgan fingerprint density at radius 2 is 2.53 bits per heavy atom. The molecule has 1 fully saturated rings. The molecule has 1 atom stereocenters. The van der Waals surface area contributed by atoms with Crippen molar-refractivity contribution in [3.63, 3.8) is 0 Å². The Balaban J connectivity index is 1.78. The second kappa shape index (κ2) is 4.97. The van der Waals surface area contributed by atoms with Gasteiger partial charge in [-0.25, -0.2) is 9.50 Å². The summed E-state index contributed by atoms with van der Waals surface area (Å²) >= 11 is 0. The molecule has 0 bridgehead atoms. The Bertz CT molecular complexity index is 589. The molecule has 1 aliphatic heterocycles.